The molecule has 33 heavy (non-hydrogen) atoms. The summed E-state index contributed by atoms with van der Waals surface area (Å²) in [6.07, 6.45) is 0. The van der Waals surface area contributed by atoms with Gasteiger partial charge in [0.1, 0.15) is 0 Å². The second-order valence-electron chi connectivity index (χ2n) is 22.6. The third-order valence-electron chi connectivity index (χ3n) is 32.5. The Morgan fingerprint density at radius 2 is 0.939 bits per heavy atom. The van der Waals surface area contributed by atoms with E-state index < -0.39 is 13.0 Å². The van der Waals surface area contributed by atoms with Crippen molar-refractivity contribution in [2.75, 3.05) is 26.2 Å². The van der Waals surface area contributed by atoms with Crippen molar-refractivity contribution in [1.82, 2.24) is 10.2 Å². The number of hydrogen-bond donors (Lipinski definition) is 1. The summed E-state index contributed by atoms with van der Waals surface area (Å²) >= 11 is 0. The molecule has 2 spiro atoms. The van der Waals surface area contributed by atoms with E-state index in [0.29, 0.717) is 6.04 Å². The average Bonchev–Trinajstić information content (AvgIpc) is 3.73. The van der Waals surface area contributed by atoms with Crippen molar-refractivity contribution < 1.29 is 13.0 Å². The fourth-order valence-corrected chi connectivity index (χ4v) is 185. The van der Waals surface area contributed by atoms with Gasteiger partial charge in [0.25, 0.3) is 0 Å². The predicted molar refractivity (Wildman–Crippen MR) is 119 cm³/mol. The molecule has 174 valence electrons. The van der Waals surface area contributed by atoms with E-state index in [0.717, 1.165) is 8.63 Å². The topological polar surface area (TPSA) is 15.3 Å². The summed E-state index contributed by atoms with van der Waals surface area (Å²) in [5.41, 5.74) is 3.91. The van der Waals surface area contributed by atoms with Crippen molar-refractivity contribution in [3.63, 3.8) is 0 Å². The molecule has 21 aliphatic heterocycles. The molecule has 1 N–H and O–H groups in total. The SMILES string of the molecule is C=C(C(C(=C)[C]12[CH]3[CH]4[CH]5[CH]1[Fe]45321678[CH]2[CH]1[CH]6[CH]7[CH]28)N1CCNCC1)[C]12[CH]3[CH]4[CH]5[CH]1[Fe]45321678[CH]2[CH]1[CH]6[CH]7[CH]28. The molecule has 4 heteroatoms. The maximum absolute atomic E-state index is 5.39. The molecule has 0 saturated carbocycles. The summed E-state index contributed by atoms with van der Waals surface area (Å²) in [7, 11) is 0. The number of nitrogens with zero attached hydrogens (tertiary/aromatic N) is 1. The summed E-state index contributed by atoms with van der Waals surface area (Å²) in [6.45, 7) is 9.46. The Morgan fingerprint density at radius 3 is 1.18 bits per heavy atom. The number of rotatable bonds is 5. The molecule has 0 aliphatic carbocycles. The molecule has 0 bridgehead atoms. The van der Waals surface area contributed by atoms with Crippen LogP contribution in [0.2, 0.25) is 95.3 Å². The molecule has 0 amide bonds. The summed E-state index contributed by atoms with van der Waals surface area (Å²) in [5, 5.41) is 3.72. The molecule has 21 fully saturated rings. The summed E-state index contributed by atoms with van der Waals surface area (Å²) in [4.78, 5) is 28.7. The molecule has 21 rings (SSSR count). The van der Waals surface area contributed by atoms with Crippen LogP contribution in [0.5, 0.6) is 0 Å². The van der Waals surface area contributed by atoms with Gasteiger partial charge < -0.3 is 0 Å². The zero-order valence-corrected chi connectivity index (χ0v) is 21.1. The predicted octanol–water partition coefficient (Wildman–Crippen LogP) is 6.89. The van der Waals surface area contributed by atoms with Crippen molar-refractivity contribution in [3.05, 3.63) is 24.3 Å². The van der Waals surface area contributed by atoms with Crippen LogP contribution in [-0.4, -0.2) is 37.1 Å². The van der Waals surface area contributed by atoms with E-state index in [1.54, 1.807) is 0 Å². The van der Waals surface area contributed by atoms with Gasteiger partial charge in [-0.15, -0.1) is 0 Å². The fraction of sp³-hybridized carbons (Fsp3) is 0.862. The van der Waals surface area contributed by atoms with Crippen molar-refractivity contribution >= 4 is 0 Å². The zero-order valence-electron chi connectivity index (χ0n) is 18.9. The van der Waals surface area contributed by atoms with Gasteiger partial charge in [-0.05, 0) is 0 Å². The van der Waals surface area contributed by atoms with E-state index in [4.69, 9.17) is 13.2 Å². The monoisotopic (exact) mass is 520 g/mol. The quantitative estimate of drug-likeness (QED) is 0.314. The van der Waals surface area contributed by atoms with Gasteiger partial charge in [0.15, 0.2) is 0 Å². The van der Waals surface area contributed by atoms with Crippen molar-refractivity contribution in [2.45, 2.75) is 101 Å². The number of hydrogen-bond acceptors (Lipinski definition) is 2. The first-order valence-electron chi connectivity index (χ1n) is 14.9. The Bertz CT molecular complexity index is 2050. The first-order valence-corrected chi connectivity index (χ1v) is 27.5. The molecule has 0 radical (unpaired) electrons. The number of nitrogens with one attached hydrogen (secondary N) is 1. The van der Waals surface area contributed by atoms with Crippen LogP contribution in [0.1, 0.15) is 0 Å². The van der Waals surface area contributed by atoms with Gasteiger partial charge in [0.05, 0.1) is 0 Å². The number of fused-ring (bicyclic) bond motifs is 20. The molecule has 0 aromatic heterocycles. The van der Waals surface area contributed by atoms with Gasteiger partial charge in [-0.2, -0.15) is 0 Å². The summed E-state index contributed by atoms with van der Waals surface area (Å²) < 4.78 is 1.76. The standard InChI is InChI=1S/C19H22N2.2C5H5.2Fe/c1-15(17-7-3-4-8-17)19(21-13-11-20-12-14-21)16(2)18-9-5-6-10-18;2*1-2-4-5-3-1;;/h3-10,19-20H,1-2,11-14H2;2*1-5H;;. The van der Waals surface area contributed by atoms with E-state index in [1.807, 2.05) is 11.1 Å². The first-order chi connectivity index (χ1) is 15.6. The molecule has 21 saturated heterocycles. The molecule has 0 aromatic rings. The Balaban J connectivity index is 0.914. The third-order valence-corrected chi connectivity index (χ3v) is 117. The van der Waals surface area contributed by atoms with Crippen molar-refractivity contribution in [2.24, 2.45) is 0 Å². The normalized spacial score (nSPS) is 127. The van der Waals surface area contributed by atoms with E-state index in [-0.39, 0.29) is 0 Å². The van der Waals surface area contributed by atoms with Gasteiger partial charge >= 0.3 is 175 Å². The summed E-state index contributed by atoms with van der Waals surface area (Å²) in [6, 6.07) is 0.673. The molecule has 8 atom stereocenters. The van der Waals surface area contributed by atoms with E-state index in [9.17, 15) is 0 Å². The van der Waals surface area contributed by atoms with Gasteiger partial charge in [-0.1, -0.05) is 0 Å². The molecule has 2 nitrogen and oxygen atoms in total. The van der Waals surface area contributed by atoms with Gasteiger partial charge in [-0.3, -0.25) is 0 Å². The van der Waals surface area contributed by atoms with Crippen LogP contribution in [0.15, 0.2) is 24.3 Å². The Kier molecular flexibility index (Phi) is 0.398. The second kappa shape index (κ2) is 1.07. The van der Waals surface area contributed by atoms with Crippen LogP contribution in [0, 0.1) is 0 Å². The summed E-state index contributed by atoms with van der Waals surface area (Å²) in [5.74, 6) is 0. The minimum absolute atomic E-state index is 0.673. The molecule has 0 aromatic carbocycles. The Labute approximate surface area is 174 Å². The van der Waals surface area contributed by atoms with Gasteiger partial charge in [0, 0.05) is 0 Å². The minimum atomic E-state index is -3.18. The maximum atomic E-state index is 5.39. The van der Waals surface area contributed by atoms with E-state index in [2.05, 4.69) is 10.2 Å². The second-order valence-corrected chi connectivity index (χ2v) is 69.7. The average molecular weight is 520 g/mol. The molecular weight excluding hydrogens is 488 g/mol. The zero-order chi connectivity index (χ0) is 19.9. The van der Waals surface area contributed by atoms with Crippen LogP contribution in [0.3, 0.4) is 0 Å². The third kappa shape index (κ3) is 0.143. The molecular formula is C29H32Fe2N2. The van der Waals surface area contributed by atoms with Crippen LogP contribution < -0.4 is 5.32 Å². The number of piperazine rings is 1. The fourth-order valence-electron chi connectivity index (χ4n) is 36.2. The van der Waals surface area contributed by atoms with Crippen LogP contribution in [-0.2, 0) is 13.0 Å². The van der Waals surface area contributed by atoms with Crippen LogP contribution in [0.4, 0.5) is 0 Å². The molecule has 21 aliphatic rings. The van der Waals surface area contributed by atoms with Crippen LogP contribution in [0.25, 0.3) is 0 Å². The molecule has 21 heterocycles. The van der Waals surface area contributed by atoms with E-state index >= 15 is 0 Å². The van der Waals surface area contributed by atoms with Gasteiger partial charge in [-0.25, -0.2) is 0 Å². The molecule has 8 unspecified atom stereocenters. The first kappa shape index (κ1) is 12.3. The van der Waals surface area contributed by atoms with Crippen molar-refractivity contribution in [1.29, 1.82) is 0 Å². The van der Waals surface area contributed by atoms with Crippen LogP contribution >= 0.6 is 0 Å². The Hall–Kier alpha value is 0.439. The van der Waals surface area contributed by atoms with Crippen molar-refractivity contribution in [3.8, 4) is 0 Å². The van der Waals surface area contributed by atoms with E-state index in [1.165, 1.54) is 113 Å². The van der Waals surface area contributed by atoms with Gasteiger partial charge in [0.2, 0.25) is 0 Å². The Morgan fingerprint density at radius 1 is 0.606 bits per heavy atom.